The summed E-state index contributed by atoms with van der Waals surface area (Å²) in [7, 11) is 0. The maximum atomic E-state index is 5.74. The van der Waals surface area contributed by atoms with Gasteiger partial charge in [0, 0.05) is 37.1 Å². The van der Waals surface area contributed by atoms with Gasteiger partial charge in [-0.25, -0.2) is 9.50 Å². The Balaban J connectivity index is 1.94. The Hall–Kier alpha value is -2.18. The van der Waals surface area contributed by atoms with Gasteiger partial charge in [-0.2, -0.15) is 5.10 Å². The van der Waals surface area contributed by atoms with Crippen LogP contribution in [0, 0.1) is 0 Å². The minimum Gasteiger partial charge on any atom is -0.335 e. The van der Waals surface area contributed by atoms with Gasteiger partial charge < -0.3 is 4.57 Å². The van der Waals surface area contributed by atoms with Crippen LogP contribution in [0.1, 0.15) is 24.4 Å². The molecular weight excluding hydrogens is 252 g/mol. The van der Waals surface area contributed by atoms with E-state index in [1.165, 1.54) is 0 Å². The van der Waals surface area contributed by atoms with Crippen LogP contribution in [0.25, 0.3) is 5.52 Å². The molecule has 3 heterocycles. The van der Waals surface area contributed by atoms with Gasteiger partial charge in [0.1, 0.15) is 5.82 Å². The summed E-state index contributed by atoms with van der Waals surface area (Å²) in [5, 5.41) is 4.35. The fraction of sp³-hybridized carbons (Fsp3) is 0.286. The van der Waals surface area contributed by atoms with Crippen molar-refractivity contribution in [3.8, 4) is 0 Å². The molecule has 6 nitrogen and oxygen atoms in total. The van der Waals surface area contributed by atoms with Gasteiger partial charge in [-0.15, -0.1) is 0 Å². The molecule has 1 unspecified atom stereocenters. The standard InChI is InChI=1S/C14H18N6/c1-2-19-8-6-16-14(19)9-12(18-15)11-10-17-20-7-4-3-5-13(11)20/h3-8,10,12,18H,2,9,15H2,1H3. The molecule has 0 aliphatic carbocycles. The summed E-state index contributed by atoms with van der Waals surface area (Å²) in [6, 6.07) is 5.99. The van der Waals surface area contributed by atoms with Crippen LogP contribution in [0.5, 0.6) is 0 Å². The molecule has 20 heavy (non-hydrogen) atoms. The third-order valence-corrected chi connectivity index (χ3v) is 3.56. The molecular formula is C14H18N6. The van der Waals surface area contributed by atoms with Crippen LogP contribution in [-0.4, -0.2) is 19.2 Å². The van der Waals surface area contributed by atoms with E-state index in [2.05, 4.69) is 27.0 Å². The molecule has 0 radical (unpaired) electrons. The molecule has 0 bridgehead atoms. The van der Waals surface area contributed by atoms with E-state index in [0.29, 0.717) is 0 Å². The van der Waals surface area contributed by atoms with Crippen LogP contribution in [0.2, 0.25) is 0 Å². The van der Waals surface area contributed by atoms with Crippen molar-refractivity contribution in [2.45, 2.75) is 25.9 Å². The summed E-state index contributed by atoms with van der Waals surface area (Å²) in [6.07, 6.45) is 8.33. The van der Waals surface area contributed by atoms with Gasteiger partial charge >= 0.3 is 0 Å². The normalized spacial score (nSPS) is 12.9. The van der Waals surface area contributed by atoms with Crippen molar-refractivity contribution >= 4 is 5.52 Å². The van der Waals surface area contributed by atoms with Crippen molar-refractivity contribution < 1.29 is 0 Å². The number of nitrogens with two attached hydrogens (primary N) is 1. The SMILES string of the molecule is CCn1ccnc1CC(NN)c1cnn2ccccc12. The summed E-state index contributed by atoms with van der Waals surface area (Å²) in [6.45, 7) is 3.01. The number of rotatable bonds is 5. The average Bonchev–Trinajstić information content (AvgIpc) is 3.11. The first kappa shape index (κ1) is 12.8. The van der Waals surface area contributed by atoms with Gasteiger partial charge in [-0.3, -0.25) is 11.3 Å². The number of aryl methyl sites for hydroxylation is 1. The van der Waals surface area contributed by atoms with Crippen molar-refractivity contribution in [2.75, 3.05) is 0 Å². The first-order valence-electron chi connectivity index (χ1n) is 6.72. The highest BCUT2D eigenvalue weighted by atomic mass is 15.3. The zero-order chi connectivity index (χ0) is 13.9. The molecule has 3 rings (SSSR count). The highest BCUT2D eigenvalue weighted by Gasteiger charge is 2.17. The first-order chi connectivity index (χ1) is 9.83. The Labute approximate surface area is 117 Å². The van der Waals surface area contributed by atoms with Gasteiger partial charge in [-0.1, -0.05) is 6.07 Å². The Morgan fingerprint density at radius 3 is 3.05 bits per heavy atom. The van der Waals surface area contributed by atoms with Crippen molar-refractivity contribution in [1.29, 1.82) is 0 Å². The minimum atomic E-state index is -0.0115. The van der Waals surface area contributed by atoms with Crippen molar-refractivity contribution in [3.63, 3.8) is 0 Å². The first-order valence-corrected chi connectivity index (χ1v) is 6.72. The Morgan fingerprint density at radius 1 is 1.35 bits per heavy atom. The predicted octanol–water partition coefficient (Wildman–Crippen LogP) is 1.30. The van der Waals surface area contributed by atoms with Gasteiger partial charge in [0.25, 0.3) is 0 Å². The molecule has 0 spiro atoms. The van der Waals surface area contributed by atoms with Crippen molar-refractivity contribution in [2.24, 2.45) is 5.84 Å². The summed E-state index contributed by atoms with van der Waals surface area (Å²) in [4.78, 5) is 4.40. The average molecular weight is 270 g/mol. The lowest BCUT2D eigenvalue weighted by atomic mass is 10.1. The molecule has 0 aliphatic rings. The number of hydrogen-bond acceptors (Lipinski definition) is 4. The van der Waals surface area contributed by atoms with E-state index in [-0.39, 0.29) is 6.04 Å². The number of fused-ring (bicyclic) bond motifs is 1. The van der Waals surface area contributed by atoms with Crippen LogP contribution >= 0.6 is 0 Å². The second kappa shape index (κ2) is 5.44. The number of imidazole rings is 1. The highest BCUT2D eigenvalue weighted by molar-refractivity contribution is 5.54. The smallest absolute Gasteiger partial charge is 0.110 e. The van der Waals surface area contributed by atoms with E-state index in [1.807, 2.05) is 47.5 Å². The van der Waals surface area contributed by atoms with Crippen LogP contribution in [0.3, 0.4) is 0 Å². The van der Waals surface area contributed by atoms with Crippen molar-refractivity contribution in [3.05, 3.63) is 54.4 Å². The Bertz CT molecular complexity index is 698. The highest BCUT2D eigenvalue weighted by Crippen LogP contribution is 2.21. The zero-order valence-corrected chi connectivity index (χ0v) is 11.4. The summed E-state index contributed by atoms with van der Waals surface area (Å²) < 4.78 is 3.97. The second-order valence-corrected chi connectivity index (χ2v) is 4.68. The largest absolute Gasteiger partial charge is 0.335 e. The van der Waals surface area contributed by atoms with E-state index in [4.69, 9.17) is 5.84 Å². The molecule has 1 atom stereocenters. The molecule has 0 fully saturated rings. The summed E-state index contributed by atoms with van der Waals surface area (Å²) in [5.41, 5.74) is 5.02. The summed E-state index contributed by atoms with van der Waals surface area (Å²) in [5.74, 6) is 6.76. The molecule has 3 aromatic rings. The lowest BCUT2D eigenvalue weighted by Crippen LogP contribution is -2.30. The van der Waals surface area contributed by atoms with Gasteiger partial charge in [0.05, 0.1) is 17.8 Å². The third-order valence-electron chi connectivity index (χ3n) is 3.56. The molecule has 0 amide bonds. The molecule has 0 saturated carbocycles. The van der Waals surface area contributed by atoms with Gasteiger partial charge in [0.2, 0.25) is 0 Å². The van der Waals surface area contributed by atoms with E-state index in [9.17, 15) is 0 Å². The number of nitrogens with one attached hydrogen (secondary N) is 1. The number of aromatic nitrogens is 4. The van der Waals surface area contributed by atoms with E-state index in [1.54, 1.807) is 0 Å². The fourth-order valence-electron chi connectivity index (χ4n) is 2.48. The topological polar surface area (TPSA) is 73.2 Å². The van der Waals surface area contributed by atoms with E-state index in [0.717, 1.165) is 29.9 Å². The fourth-order valence-corrected chi connectivity index (χ4v) is 2.48. The second-order valence-electron chi connectivity index (χ2n) is 4.68. The minimum absolute atomic E-state index is 0.0115. The molecule has 0 aromatic carbocycles. The number of nitrogens with zero attached hydrogens (tertiary/aromatic N) is 4. The Kier molecular flexibility index (Phi) is 3.49. The molecule has 6 heteroatoms. The van der Waals surface area contributed by atoms with Crippen LogP contribution in [0.15, 0.2) is 43.0 Å². The Morgan fingerprint density at radius 2 is 2.25 bits per heavy atom. The van der Waals surface area contributed by atoms with Crippen LogP contribution < -0.4 is 11.3 Å². The molecule has 3 aromatic heterocycles. The van der Waals surface area contributed by atoms with E-state index >= 15 is 0 Å². The zero-order valence-electron chi connectivity index (χ0n) is 11.4. The monoisotopic (exact) mass is 270 g/mol. The molecule has 0 saturated heterocycles. The predicted molar refractivity (Wildman–Crippen MR) is 76.9 cm³/mol. The summed E-state index contributed by atoms with van der Waals surface area (Å²) >= 11 is 0. The number of hydrazine groups is 1. The number of pyridine rings is 1. The quantitative estimate of drug-likeness (QED) is 0.541. The van der Waals surface area contributed by atoms with Crippen LogP contribution in [0.4, 0.5) is 0 Å². The molecule has 104 valence electrons. The lowest BCUT2D eigenvalue weighted by Gasteiger charge is -2.15. The van der Waals surface area contributed by atoms with Crippen LogP contribution in [-0.2, 0) is 13.0 Å². The number of hydrogen-bond donors (Lipinski definition) is 2. The van der Waals surface area contributed by atoms with Gasteiger partial charge in [0.15, 0.2) is 0 Å². The maximum absolute atomic E-state index is 5.74. The molecule has 3 N–H and O–H groups in total. The van der Waals surface area contributed by atoms with Crippen molar-refractivity contribution in [1.82, 2.24) is 24.6 Å². The van der Waals surface area contributed by atoms with Gasteiger partial charge in [-0.05, 0) is 19.1 Å². The third kappa shape index (κ3) is 2.19. The lowest BCUT2D eigenvalue weighted by molar-refractivity contribution is 0.526. The molecule has 0 aliphatic heterocycles. The van der Waals surface area contributed by atoms with E-state index < -0.39 is 0 Å². The maximum Gasteiger partial charge on any atom is 0.110 e.